The Morgan fingerprint density at radius 1 is 1.26 bits per heavy atom. The van der Waals surface area contributed by atoms with Gasteiger partial charge in [-0.2, -0.15) is 0 Å². The molecule has 3 N–H and O–H groups in total. The Labute approximate surface area is 177 Å². The topological polar surface area (TPSA) is 68.9 Å². The monoisotopic (exact) mass is 477 g/mol. The third-order valence-electron chi connectivity index (χ3n) is 4.21. The van der Waals surface area contributed by atoms with E-state index in [1.165, 1.54) is 5.56 Å². The molecule has 1 aliphatic heterocycles. The maximum absolute atomic E-state index is 6.06. The minimum Gasteiger partial charge on any atom is -0.493 e. The summed E-state index contributed by atoms with van der Waals surface area (Å²) >= 11 is 0. The van der Waals surface area contributed by atoms with Crippen molar-refractivity contribution in [1.82, 2.24) is 5.32 Å². The van der Waals surface area contributed by atoms with E-state index in [1.54, 1.807) is 0 Å². The second-order valence-electron chi connectivity index (χ2n) is 6.03. The summed E-state index contributed by atoms with van der Waals surface area (Å²) in [5, 5.41) is 3.30. The first-order valence-corrected chi connectivity index (χ1v) is 8.69. The van der Waals surface area contributed by atoms with Crippen molar-refractivity contribution in [2.45, 2.75) is 18.9 Å². The Morgan fingerprint density at radius 2 is 2.04 bits per heavy atom. The van der Waals surface area contributed by atoms with Gasteiger partial charge >= 0.3 is 0 Å². The molecule has 3 rings (SSSR count). The van der Waals surface area contributed by atoms with Gasteiger partial charge in [0, 0.05) is 18.5 Å². The predicted octanol–water partition coefficient (Wildman–Crippen LogP) is 3.29. The van der Waals surface area contributed by atoms with Gasteiger partial charge in [-0.3, -0.25) is 4.99 Å². The van der Waals surface area contributed by atoms with Crippen molar-refractivity contribution in [1.29, 1.82) is 0 Å². The molecule has 5 nitrogen and oxygen atoms in total. The SMILES string of the molecule is C#CCOc1ccc(CCN=C(N)NC2CCOc3ccccc32)cc1.I. The van der Waals surface area contributed by atoms with Gasteiger partial charge in [0.05, 0.1) is 12.6 Å². The van der Waals surface area contributed by atoms with E-state index in [9.17, 15) is 0 Å². The van der Waals surface area contributed by atoms with Crippen molar-refractivity contribution < 1.29 is 9.47 Å². The molecule has 2 aromatic rings. The van der Waals surface area contributed by atoms with Gasteiger partial charge in [0.25, 0.3) is 0 Å². The summed E-state index contributed by atoms with van der Waals surface area (Å²) in [7, 11) is 0. The number of para-hydroxylation sites is 1. The molecule has 1 heterocycles. The molecule has 1 atom stereocenters. The standard InChI is InChI=1S/C21H23N3O2.HI/c1-2-14-25-17-9-7-16(8-10-17)11-13-23-21(22)24-19-12-15-26-20-6-4-3-5-18(19)20;/h1,3-10,19H,11-15H2,(H3,22,23,24);1H. The Hall–Kier alpha value is -2.40. The van der Waals surface area contributed by atoms with E-state index in [1.807, 2.05) is 42.5 Å². The molecule has 1 unspecified atom stereocenters. The number of hydrogen-bond donors (Lipinski definition) is 2. The summed E-state index contributed by atoms with van der Waals surface area (Å²) in [5.41, 5.74) is 8.36. The normalized spacial score (nSPS) is 15.5. The Kier molecular flexibility index (Phi) is 8.27. The number of nitrogens with two attached hydrogens (primary N) is 1. The molecule has 0 fully saturated rings. The maximum atomic E-state index is 6.06. The van der Waals surface area contributed by atoms with Crippen LogP contribution in [-0.2, 0) is 6.42 Å². The van der Waals surface area contributed by atoms with E-state index in [-0.39, 0.29) is 36.6 Å². The number of nitrogens with one attached hydrogen (secondary N) is 1. The van der Waals surface area contributed by atoms with Gasteiger partial charge in [-0.25, -0.2) is 0 Å². The van der Waals surface area contributed by atoms with Crippen molar-refractivity contribution in [3.8, 4) is 23.8 Å². The van der Waals surface area contributed by atoms with E-state index >= 15 is 0 Å². The molecule has 0 saturated carbocycles. The van der Waals surface area contributed by atoms with Crippen LogP contribution in [0, 0.1) is 12.3 Å². The van der Waals surface area contributed by atoms with Crippen LogP contribution in [0.15, 0.2) is 53.5 Å². The van der Waals surface area contributed by atoms with Gasteiger partial charge < -0.3 is 20.5 Å². The van der Waals surface area contributed by atoms with E-state index in [2.05, 4.69) is 22.3 Å². The van der Waals surface area contributed by atoms with Crippen LogP contribution in [0.25, 0.3) is 0 Å². The third-order valence-corrected chi connectivity index (χ3v) is 4.21. The highest BCUT2D eigenvalue weighted by molar-refractivity contribution is 14.0. The van der Waals surface area contributed by atoms with Crippen LogP contribution in [0.1, 0.15) is 23.6 Å². The highest BCUT2D eigenvalue weighted by atomic mass is 127. The Bertz CT molecular complexity index is 800. The zero-order valence-electron chi connectivity index (χ0n) is 15.1. The summed E-state index contributed by atoms with van der Waals surface area (Å²) < 4.78 is 11.0. The second kappa shape index (κ2) is 10.7. The van der Waals surface area contributed by atoms with Gasteiger partial charge in [-0.1, -0.05) is 36.3 Å². The van der Waals surface area contributed by atoms with Crippen LogP contribution in [0.4, 0.5) is 0 Å². The zero-order chi connectivity index (χ0) is 18.2. The van der Waals surface area contributed by atoms with E-state index in [0.29, 0.717) is 19.1 Å². The lowest BCUT2D eigenvalue weighted by Gasteiger charge is -2.26. The van der Waals surface area contributed by atoms with Crippen molar-refractivity contribution in [3.05, 3.63) is 59.7 Å². The number of benzene rings is 2. The highest BCUT2D eigenvalue weighted by Gasteiger charge is 2.21. The molecule has 0 saturated heterocycles. The minimum atomic E-state index is 0. The number of terminal acetylenes is 1. The van der Waals surface area contributed by atoms with Crippen LogP contribution in [-0.4, -0.2) is 25.7 Å². The Morgan fingerprint density at radius 3 is 2.81 bits per heavy atom. The first-order chi connectivity index (χ1) is 12.8. The number of fused-ring (bicyclic) bond motifs is 1. The lowest BCUT2D eigenvalue weighted by molar-refractivity contribution is 0.262. The summed E-state index contributed by atoms with van der Waals surface area (Å²) in [6.45, 7) is 1.57. The molecular formula is C21H24IN3O2. The quantitative estimate of drug-likeness (QED) is 0.290. The van der Waals surface area contributed by atoms with E-state index in [0.717, 1.165) is 29.9 Å². The van der Waals surface area contributed by atoms with E-state index in [4.69, 9.17) is 21.6 Å². The lowest BCUT2D eigenvalue weighted by atomic mass is 10.0. The van der Waals surface area contributed by atoms with Gasteiger partial charge in [-0.05, 0) is 30.2 Å². The molecule has 2 aromatic carbocycles. The third kappa shape index (κ3) is 6.07. The largest absolute Gasteiger partial charge is 0.493 e. The summed E-state index contributed by atoms with van der Waals surface area (Å²) in [6.07, 6.45) is 6.85. The molecule has 0 aliphatic carbocycles. The fourth-order valence-corrected chi connectivity index (χ4v) is 2.90. The fourth-order valence-electron chi connectivity index (χ4n) is 2.90. The number of halogens is 1. The molecule has 0 spiro atoms. The minimum absolute atomic E-state index is 0. The highest BCUT2D eigenvalue weighted by Crippen LogP contribution is 2.31. The maximum Gasteiger partial charge on any atom is 0.189 e. The van der Waals surface area contributed by atoms with E-state index < -0.39 is 0 Å². The van der Waals surface area contributed by atoms with Crippen LogP contribution >= 0.6 is 24.0 Å². The van der Waals surface area contributed by atoms with Crippen LogP contribution in [0.5, 0.6) is 11.5 Å². The predicted molar refractivity (Wildman–Crippen MR) is 119 cm³/mol. The van der Waals surface area contributed by atoms with Gasteiger partial charge in [0.2, 0.25) is 0 Å². The smallest absolute Gasteiger partial charge is 0.189 e. The molecule has 142 valence electrons. The van der Waals surface area contributed by atoms with Gasteiger partial charge in [0.15, 0.2) is 5.96 Å². The molecule has 0 bridgehead atoms. The summed E-state index contributed by atoms with van der Waals surface area (Å²) in [5.74, 6) is 4.59. The molecular weight excluding hydrogens is 453 g/mol. The molecule has 0 radical (unpaired) electrons. The summed E-state index contributed by atoms with van der Waals surface area (Å²) in [6, 6.07) is 16.0. The van der Waals surface area contributed by atoms with Crippen LogP contribution in [0.2, 0.25) is 0 Å². The van der Waals surface area contributed by atoms with Crippen LogP contribution in [0.3, 0.4) is 0 Å². The number of guanidine groups is 1. The second-order valence-corrected chi connectivity index (χ2v) is 6.03. The molecule has 27 heavy (non-hydrogen) atoms. The molecule has 0 amide bonds. The van der Waals surface area contributed by atoms with Gasteiger partial charge in [0.1, 0.15) is 18.1 Å². The van der Waals surface area contributed by atoms with Crippen molar-refractivity contribution in [2.24, 2.45) is 10.7 Å². The van der Waals surface area contributed by atoms with Crippen LogP contribution < -0.4 is 20.5 Å². The number of rotatable bonds is 6. The molecule has 0 aromatic heterocycles. The number of hydrogen-bond acceptors (Lipinski definition) is 3. The first-order valence-electron chi connectivity index (χ1n) is 8.69. The lowest BCUT2D eigenvalue weighted by Crippen LogP contribution is -2.37. The molecule has 1 aliphatic rings. The van der Waals surface area contributed by atoms with Crippen molar-refractivity contribution in [2.75, 3.05) is 19.8 Å². The first kappa shape index (κ1) is 20.9. The average molecular weight is 477 g/mol. The number of nitrogens with zero attached hydrogens (tertiary/aromatic N) is 1. The zero-order valence-corrected chi connectivity index (χ0v) is 17.4. The fraction of sp³-hybridized carbons (Fsp3) is 0.286. The summed E-state index contributed by atoms with van der Waals surface area (Å²) in [4.78, 5) is 4.44. The van der Waals surface area contributed by atoms with Crippen molar-refractivity contribution in [3.63, 3.8) is 0 Å². The average Bonchev–Trinajstić information content (AvgIpc) is 2.68. The Balaban J connectivity index is 0.00000261. The number of aliphatic imine (C=N–C) groups is 1. The van der Waals surface area contributed by atoms with Gasteiger partial charge in [-0.15, -0.1) is 30.4 Å². The van der Waals surface area contributed by atoms with Crippen molar-refractivity contribution >= 4 is 29.9 Å². The molecule has 6 heteroatoms. The number of ether oxygens (including phenoxy) is 2.